The van der Waals surface area contributed by atoms with Gasteiger partial charge in [0.15, 0.2) is 5.78 Å². The zero-order valence-corrected chi connectivity index (χ0v) is 14.1. The zero-order valence-electron chi connectivity index (χ0n) is 14.1. The van der Waals surface area contributed by atoms with E-state index in [1.165, 1.54) is 11.1 Å². The van der Waals surface area contributed by atoms with Crippen LogP contribution in [0.2, 0.25) is 0 Å². The first-order valence-corrected chi connectivity index (χ1v) is 8.34. The Kier molecular flexibility index (Phi) is 5.11. The number of carbonyl (C=O) groups excluding carboxylic acids is 1. The van der Waals surface area contributed by atoms with Gasteiger partial charge in [-0.2, -0.15) is 0 Å². The molecular formula is C21H23NO2. The largest absolute Gasteiger partial charge is 0.489 e. The van der Waals surface area contributed by atoms with Crippen molar-refractivity contribution in [1.82, 2.24) is 4.90 Å². The Bertz CT molecular complexity index is 751. The molecule has 0 radical (unpaired) electrons. The van der Waals surface area contributed by atoms with Gasteiger partial charge in [0.2, 0.25) is 0 Å². The van der Waals surface area contributed by atoms with Gasteiger partial charge in [-0.25, -0.2) is 0 Å². The Hall–Kier alpha value is -2.39. The van der Waals surface area contributed by atoms with Crippen LogP contribution in [0.1, 0.15) is 27.0 Å². The van der Waals surface area contributed by atoms with E-state index < -0.39 is 0 Å². The summed E-state index contributed by atoms with van der Waals surface area (Å²) in [6.07, 6.45) is 2.69. The number of Topliss-reactive ketones (excluding diaryl/α,β-unsaturated/α-hetero) is 1. The fourth-order valence-corrected chi connectivity index (χ4v) is 3.11. The van der Waals surface area contributed by atoms with E-state index in [9.17, 15) is 4.79 Å². The summed E-state index contributed by atoms with van der Waals surface area (Å²) in [6, 6.07) is 14.2. The van der Waals surface area contributed by atoms with Crippen molar-refractivity contribution in [1.29, 1.82) is 0 Å². The Labute approximate surface area is 143 Å². The minimum Gasteiger partial charge on any atom is -0.489 e. The van der Waals surface area contributed by atoms with Crippen LogP contribution in [0.15, 0.2) is 55.1 Å². The lowest BCUT2D eigenvalue weighted by Gasteiger charge is -2.28. The summed E-state index contributed by atoms with van der Waals surface area (Å²) in [5, 5.41) is 0. The summed E-state index contributed by atoms with van der Waals surface area (Å²) >= 11 is 0. The van der Waals surface area contributed by atoms with Crippen LogP contribution < -0.4 is 4.74 Å². The molecule has 2 aromatic carbocycles. The standard InChI is InChI=1S/C21H23NO2/c1-3-12-24-21-9-8-16(2)13-19(21)20(23)15-22-11-10-17-6-4-5-7-18(17)14-22/h3-9,13H,1,10-12,14-15H2,2H3. The molecule has 0 N–H and O–H groups in total. The van der Waals surface area contributed by atoms with Crippen LogP contribution in [0.5, 0.6) is 5.75 Å². The van der Waals surface area contributed by atoms with Crippen molar-refractivity contribution in [2.75, 3.05) is 19.7 Å². The van der Waals surface area contributed by atoms with Crippen LogP contribution in [-0.4, -0.2) is 30.4 Å². The van der Waals surface area contributed by atoms with Gasteiger partial charge in [-0.15, -0.1) is 0 Å². The fraction of sp³-hybridized carbons (Fsp3) is 0.286. The maximum absolute atomic E-state index is 12.8. The molecular weight excluding hydrogens is 298 g/mol. The molecule has 2 aromatic rings. The Morgan fingerprint density at radius 2 is 2.04 bits per heavy atom. The molecule has 0 fully saturated rings. The molecule has 1 heterocycles. The van der Waals surface area contributed by atoms with E-state index in [1.807, 2.05) is 25.1 Å². The first kappa shape index (κ1) is 16.5. The highest BCUT2D eigenvalue weighted by molar-refractivity contribution is 6.00. The van der Waals surface area contributed by atoms with Crippen LogP contribution in [-0.2, 0) is 13.0 Å². The van der Waals surface area contributed by atoms with E-state index >= 15 is 0 Å². The number of carbonyl (C=O) groups is 1. The van der Waals surface area contributed by atoms with Gasteiger partial charge >= 0.3 is 0 Å². The van der Waals surface area contributed by atoms with Gasteiger partial charge in [0.25, 0.3) is 0 Å². The topological polar surface area (TPSA) is 29.5 Å². The van der Waals surface area contributed by atoms with E-state index in [0.717, 1.165) is 25.1 Å². The molecule has 24 heavy (non-hydrogen) atoms. The average molecular weight is 321 g/mol. The molecule has 0 amide bonds. The number of fused-ring (bicyclic) bond motifs is 1. The molecule has 0 unspecified atom stereocenters. The molecule has 1 aliphatic rings. The first-order valence-electron chi connectivity index (χ1n) is 8.34. The molecule has 0 aromatic heterocycles. The van der Waals surface area contributed by atoms with Crippen molar-refractivity contribution >= 4 is 5.78 Å². The smallest absolute Gasteiger partial charge is 0.180 e. The molecule has 3 nitrogen and oxygen atoms in total. The predicted molar refractivity (Wildman–Crippen MR) is 96.6 cm³/mol. The van der Waals surface area contributed by atoms with Crippen molar-refractivity contribution in [3.63, 3.8) is 0 Å². The number of ether oxygens (including phenoxy) is 1. The Balaban J connectivity index is 1.73. The maximum Gasteiger partial charge on any atom is 0.180 e. The fourth-order valence-electron chi connectivity index (χ4n) is 3.11. The van der Waals surface area contributed by atoms with E-state index in [-0.39, 0.29) is 5.78 Å². The van der Waals surface area contributed by atoms with Crippen LogP contribution >= 0.6 is 0 Å². The van der Waals surface area contributed by atoms with Crippen LogP contribution in [0, 0.1) is 6.92 Å². The Morgan fingerprint density at radius 1 is 1.25 bits per heavy atom. The van der Waals surface area contributed by atoms with E-state index in [0.29, 0.717) is 24.5 Å². The number of rotatable bonds is 6. The SMILES string of the molecule is C=CCOc1ccc(C)cc1C(=O)CN1CCc2ccccc2C1. The minimum atomic E-state index is 0.108. The predicted octanol–water partition coefficient (Wildman–Crippen LogP) is 3.80. The van der Waals surface area contributed by atoms with E-state index in [1.54, 1.807) is 6.08 Å². The zero-order chi connectivity index (χ0) is 16.9. The number of hydrogen-bond acceptors (Lipinski definition) is 3. The highest BCUT2D eigenvalue weighted by Gasteiger charge is 2.20. The van der Waals surface area contributed by atoms with E-state index in [4.69, 9.17) is 4.74 Å². The van der Waals surface area contributed by atoms with Crippen LogP contribution in [0.25, 0.3) is 0 Å². The van der Waals surface area contributed by atoms with Gasteiger partial charge < -0.3 is 4.74 Å². The highest BCUT2D eigenvalue weighted by atomic mass is 16.5. The molecule has 0 atom stereocenters. The third kappa shape index (κ3) is 3.74. The highest BCUT2D eigenvalue weighted by Crippen LogP contribution is 2.23. The van der Waals surface area contributed by atoms with Crippen molar-refractivity contribution in [2.24, 2.45) is 0 Å². The monoisotopic (exact) mass is 321 g/mol. The van der Waals surface area contributed by atoms with Crippen molar-refractivity contribution in [2.45, 2.75) is 19.9 Å². The number of benzene rings is 2. The second-order valence-corrected chi connectivity index (χ2v) is 6.25. The van der Waals surface area contributed by atoms with Crippen molar-refractivity contribution < 1.29 is 9.53 Å². The molecule has 0 spiro atoms. The van der Waals surface area contributed by atoms with Crippen LogP contribution in [0.3, 0.4) is 0 Å². The lowest BCUT2D eigenvalue weighted by Crippen LogP contribution is -2.35. The lowest BCUT2D eigenvalue weighted by atomic mass is 9.99. The molecule has 1 aliphatic heterocycles. The third-order valence-electron chi connectivity index (χ3n) is 4.37. The van der Waals surface area contributed by atoms with E-state index in [2.05, 4.69) is 35.7 Å². The quantitative estimate of drug-likeness (QED) is 0.599. The molecule has 124 valence electrons. The number of aryl methyl sites for hydroxylation is 1. The first-order chi connectivity index (χ1) is 11.7. The summed E-state index contributed by atoms with van der Waals surface area (Å²) in [6.45, 7) is 8.22. The average Bonchev–Trinajstić information content (AvgIpc) is 2.60. The van der Waals surface area contributed by atoms with Gasteiger partial charge in [-0.3, -0.25) is 9.69 Å². The molecule has 0 bridgehead atoms. The molecule has 0 saturated carbocycles. The summed E-state index contributed by atoms with van der Waals surface area (Å²) in [4.78, 5) is 15.0. The van der Waals surface area contributed by atoms with Gasteiger partial charge in [0.05, 0.1) is 12.1 Å². The van der Waals surface area contributed by atoms with Gasteiger partial charge in [-0.1, -0.05) is 48.6 Å². The number of nitrogens with zero attached hydrogens (tertiary/aromatic N) is 1. The molecule has 0 saturated heterocycles. The van der Waals surface area contributed by atoms with Gasteiger partial charge in [0, 0.05) is 13.1 Å². The molecule has 3 heteroatoms. The maximum atomic E-state index is 12.8. The minimum absolute atomic E-state index is 0.108. The van der Waals surface area contributed by atoms with Crippen LogP contribution in [0.4, 0.5) is 0 Å². The van der Waals surface area contributed by atoms with Gasteiger partial charge in [0.1, 0.15) is 12.4 Å². The Morgan fingerprint density at radius 3 is 2.83 bits per heavy atom. The third-order valence-corrected chi connectivity index (χ3v) is 4.37. The summed E-state index contributed by atoms with van der Waals surface area (Å²) in [5.41, 5.74) is 4.44. The van der Waals surface area contributed by atoms with Crippen molar-refractivity contribution in [3.05, 3.63) is 77.4 Å². The summed E-state index contributed by atoms with van der Waals surface area (Å²) in [5.74, 6) is 0.750. The normalized spacial score (nSPS) is 14.0. The number of ketones is 1. The molecule has 3 rings (SSSR count). The second kappa shape index (κ2) is 7.45. The summed E-state index contributed by atoms with van der Waals surface area (Å²) in [7, 11) is 0. The molecule has 0 aliphatic carbocycles. The van der Waals surface area contributed by atoms with Gasteiger partial charge in [-0.05, 0) is 36.6 Å². The summed E-state index contributed by atoms with van der Waals surface area (Å²) < 4.78 is 5.65. The second-order valence-electron chi connectivity index (χ2n) is 6.25. The number of hydrogen-bond donors (Lipinski definition) is 0. The van der Waals surface area contributed by atoms with Crippen molar-refractivity contribution in [3.8, 4) is 5.75 Å². The lowest BCUT2D eigenvalue weighted by molar-refractivity contribution is 0.0918.